The van der Waals surface area contributed by atoms with Crippen molar-refractivity contribution in [2.75, 3.05) is 6.54 Å². The Balaban J connectivity index is 1.62. The van der Waals surface area contributed by atoms with Crippen molar-refractivity contribution in [3.8, 4) is 0 Å². The van der Waals surface area contributed by atoms with Crippen molar-refractivity contribution in [3.05, 3.63) is 35.5 Å². The van der Waals surface area contributed by atoms with E-state index in [1.165, 1.54) is 28.5 Å². The number of fused-ring (bicyclic) bond motifs is 1. The lowest BCUT2D eigenvalue weighted by Crippen LogP contribution is -2.45. The summed E-state index contributed by atoms with van der Waals surface area (Å²) in [7, 11) is 0. The number of nitrogens with one attached hydrogen (secondary N) is 2. The van der Waals surface area contributed by atoms with Crippen LogP contribution in [-0.2, 0) is 11.2 Å². The van der Waals surface area contributed by atoms with E-state index in [-0.39, 0.29) is 11.3 Å². The second-order valence-corrected chi connectivity index (χ2v) is 6.30. The number of amides is 1. The molecule has 1 amide bonds. The maximum Gasteiger partial charge on any atom is 0.226 e. The van der Waals surface area contributed by atoms with Crippen molar-refractivity contribution in [2.45, 2.75) is 46.0 Å². The van der Waals surface area contributed by atoms with Gasteiger partial charge in [-0.3, -0.25) is 4.79 Å². The Morgan fingerprint density at radius 1 is 1.38 bits per heavy atom. The van der Waals surface area contributed by atoms with Gasteiger partial charge in [0.05, 0.1) is 0 Å². The van der Waals surface area contributed by atoms with Crippen molar-refractivity contribution in [1.29, 1.82) is 0 Å². The quantitative estimate of drug-likeness (QED) is 0.863. The van der Waals surface area contributed by atoms with E-state index in [0.29, 0.717) is 0 Å². The molecule has 1 fully saturated rings. The first-order valence-corrected chi connectivity index (χ1v) is 8.00. The molecule has 112 valence electrons. The van der Waals surface area contributed by atoms with E-state index in [0.717, 1.165) is 32.2 Å². The van der Waals surface area contributed by atoms with Crippen LogP contribution < -0.4 is 5.32 Å². The molecular formula is C18H24N2O. The number of rotatable bonds is 5. The average molecular weight is 284 g/mol. The minimum Gasteiger partial charge on any atom is -0.361 e. The van der Waals surface area contributed by atoms with Crippen molar-refractivity contribution in [2.24, 2.45) is 5.41 Å². The van der Waals surface area contributed by atoms with Crippen LogP contribution in [-0.4, -0.2) is 17.4 Å². The fourth-order valence-electron chi connectivity index (χ4n) is 3.41. The first kappa shape index (κ1) is 14.2. The van der Waals surface area contributed by atoms with Crippen molar-refractivity contribution >= 4 is 16.8 Å². The van der Waals surface area contributed by atoms with E-state index < -0.39 is 0 Å². The van der Waals surface area contributed by atoms with Gasteiger partial charge in [-0.1, -0.05) is 31.5 Å². The topological polar surface area (TPSA) is 44.9 Å². The molecule has 1 aliphatic rings. The molecule has 1 aromatic heterocycles. The molecule has 0 unspecified atom stereocenters. The van der Waals surface area contributed by atoms with Gasteiger partial charge in [0, 0.05) is 29.1 Å². The van der Waals surface area contributed by atoms with Crippen LogP contribution in [0.1, 0.15) is 43.7 Å². The van der Waals surface area contributed by atoms with E-state index in [9.17, 15) is 4.79 Å². The number of aromatic nitrogens is 1. The molecule has 0 atom stereocenters. The van der Waals surface area contributed by atoms with Gasteiger partial charge >= 0.3 is 0 Å². The fraction of sp³-hybridized carbons (Fsp3) is 0.500. The second-order valence-electron chi connectivity index (χ2n) is 6.30. The van der Waals surface area contributed by atoms with Crippen LogP contribution in [0.5, 0.6) is 0 Å². The van der Waals surface area contributed by atoms with Gasteiger partial charge in [-0.2, -0.15) is 0 Å². The van der Waals surface area contributed by atoms with Crippen LogP contribution in [0.25, 0.3) is 10.9 Å². The van der Waals surface area contributed by atoms with E-state index in [1.807, 2.05) is 0 Å². The van der Waals surface area contributed by atoms with Crippen LogP contribution in [0.3, 0.4) is 0 Å². The molecule has 0 bridgehead atoms. The standard InChI is InChI=1S/C18H24N2O/c1-3-18(9-5-10-18)17(21)19-11-8-14-12-20-16-13(2)6-4-7-15(14)16/h4,6-7,12,20H,3,5,8-11H2,1-2H3,(H,19,21). The molecule has 2 N–H and O–H groups in total. The Labute approximate surface area is 126 Å². The second kappa shape index (κ2) is 5.55. The average Bonchev–Trinajstić information content (AvgIpc) is 2.83. The fourth-order valence-corrected chi connectivity index (χ4v) is 3.41. The highest BCUT2D eigenvalue weighted by Crippen LogP contribution is 2.43. The van der Waals surface area contributed by atoms with Crippen LogP contribution in [0.2, 0.25) is 0 Å². The molecule has 0 saturated heterocycles. The predicted octanol–water partition coefficient (Wildman–Crippen LogP) is 3.72. The third-order valence-corrected chi connectivity index (χ3v) is 5.16. The van der Waals surface area contributed by atoms with Gasteiger partial charge < -0.3 is 10.3 Å². The molecule has 2 aromatic rings. The van der Waals surface area contributed by atoms with E-state index in [2.05, 4.69) is 48.5 Å². The Bertz CT molecular complexity index is 647. The lowest BCUT2D eigenvalue weighted by Gasteiger charge is -2.39. The van der Waals surface area contributed by atoms with Crippen molar-refractivity contribution in [3.63, 3.8) is 0 Å². The number of carbonyl (C=O) groups excluding carboxylic acids is 1. The molecule has 0 radical (unpaired) electrons. The SMILES string of the molecule is CCC1(C(=O)NCCc2c[nH]c3c(C)cccc23)CCC1. The predicted molar refractivity (Wildman–Crippen MR) is 86.3 cm³/mol. The van der Waals surface area contributed by atoms with Gasteiger partial charge in [-0.25, -0.2) is 0 Å². The summed E-state index contributed by atoms with van der Waals surface area (Å²) < 4.78 is 0. The van der Waals surface area contributed by atoms with E-state index in [4.69, 9.17) is 0 Å². The zero-order valence-electron chi connectivity index (χ0n) is 13.0. The summed E-state index contributed by atoms with van der Waals surface area (Å²) in [5.74, 6) is 0.257. The summed E-state index contributed by atoms with van der Waals surface area (Å²) in [4.78, 5) is 15.7. The first-order valence-electron chi connectivity index (χ1n) is 8.00. The van der Waals surface area contributed by atoms with Crippen LogP contribution in [0.15, 0.2) is 24.4 Å². The van der Waals surface area contributed by atoms with Crippen LogP contribution in [0, 0.1) is 12.3 Å². The lowest BCUT2D eigenvalue weighted by molar-refractivity contribution is -0.136. The number of aromatic amines is 1. The zero-order valence-corrected chi connectivity index (χ0v) is 13.0. The normalized spacial score (nSPS) is 16.7. The van der Waals surface area contributed by atoms with Crippen LogP contribution in [0.4, 0.5) is 0 Å². The summed E-state index contributed by atoms with van der Waals surface area (Å²) in [6.07, 6.45) is 7.23. The summed E-state index contributed by atoms with van der Waals surface area (Å²) in [6, 6.07) is 6.36. The lowest BCUT2D eigenvalue weighted by atomic mass is 9.66. The maximum atomic E-state index is 12.3. The van der Waals surface area contributed by atoms with Crippen molar-refractivity contribution < 1.29 is 4.79 Å². The number of aryl methyl sites for hydroxylation is 1. The third-order valence-electron chi connectivity index (χ3n) is 5.16. The Hall–Kier alpha value is -1.77. The minimum atomic E-state index is -0.0587. The maximum absolute atomic E-state index is 12.3. The Morgan fingerprint density at radius 3 is 2.86 bits per heavy atom. The molecule has 0 aliphatic heterocycles. The molecule has 1 heterocycles. The summed E-state index contributed by atoms with van der Waals surface area (Å²) >= 11 is 0. The number of carbonyl (C=O) groups is 1. The Kier molecular flexibility index (Phi) is 3.75. The van der Waals surface area contributed by atoms with Gasteiger partial charge in [0.15, 0.2) is 0 Å². The van der Waals surface area contributed by atoms with Gasteiger partial charge in [0.25, 0.3) is 0 Å². The molecule has 1 aromatic carbocycles. The van der Waals surface area contributed by atoms with Crippen molar-refractivity contribution in [1.82, 2.24) is 10.3 Å². The van der Waals surface area contributed by atoms with Gasteiger partial charge in [0.2, 0.25) is 5.91 Å². The zero-order chi connectivity index (χ0) is 14.9. The summed E-state index contributed by atoms with van der Waals surface area (Å²) in [5.41, 5.74) is 3.70. The monoisotopic (exact) mass is 284 g/mol. The molecule has 21 heavy (non-hydrogen) atoms. The number of para-hydroxylation sites is 1. The molecular weight excluding hydrogens is 260 g/mol. The Morgan fingerprint density at radius 2 is 2.19 bits per heavy atom. The summed E-state index contributed by atoms with van der Waals surface area (Å²) in [6.45, 7) is 4.97. The highest BCUT2D eigenvalue weighted by Gasteiger charge is 2.41. The number of benzene rings is 1. The third kappa shape index (κ3) is 2.45. The minimum absolute atomic E-state index is 0.0587. The molecule has 1 saturated carbocycles. The van der Waals surface area contributed by atoms with Gasteiger partial charge in [-0.05, 0) is 43.7 Å². The largest absolute Gasteiger partial charge is 0.361 e. The molecule has 1 aliphatic carbocycles. The first-order chi connectivity index (χ1) is 10.2. The summed E-state index contributed by atoms with van der Waals surface area (Å²) in [5, 5.41) is 4.42. The molecule has 3 nitrogen and oxygen atoms in total. The highest BCUT2D eigenvalue weighted by atomic mass is 16.2. The highest BCUT2D eigenvalue weighted by molar-refractivity contribution is 5.86. The van der Waals surface area contributed by atoms with Gasteiger partial charge in [0.1, 0.15) is 0 Å². The number of hydrogen-bond acceptors (Lipinski definition) is 1. The smallest absolute Gasteiger partial charge is 0.226 e. The molecule has 3 rings (SSSR count). The van der Waals surface area contributed by atoms with E-state index >= 15 is 0 Å². The number of hydrogen-bond donors (Lipinski definition) is 2. The van der Waals surface area contributed by atoms with Crippen LogP contribution >= 0.6 is 0 Å². The molecule has 3 heteroatoms. The number of H-pyrrole nitrogens is 1. The molecule has 0 spiro atoms. The van der Waals surface area contributed by atoms with Gasteiger partial charge in [-0.15, -0.1) is 0 Å². The van der Waals surface area contributed by atoms with E-state index in [1.54, 1.807) is 0 Å².